The highest BCUT2D eigenvalue weighted by Gasteiger charge is 2.21. The number of halogens is 1. The van der Waals surface area contributed by atoms with Crippen LogP contribution in [0.25, 0.3) is 11.1 Å². The van der Waals surface area contributed by atoms with Crippen LogP contribution in [0, 0.1) is 5.92 Å². The number of nitrogens with zero attached hydrogens (tertiary/aromatic N) is 1. The van der Waals surface area contributed by atoms with E-state index in [4.69, 9.17) is 11.6 Å². The van der Waals surface area contributed by atoms with Crippen molar-refractivity contribution in [3.05, 3.63) is 82.9 Å². The Balaban J connectivity index is 1.35. The van der Waals surface area contributed by atoms with Crippen molar-refractivity contribution in [2.45, 2.75) is 25.7 Å². The molecule has 1 aliphatic heterocycles. The van der Waals surface area contributed by atoms with Crippen molar-refractivity contribution in [2.24, 2.45) is 5.92 Å². The molecule has 0 saturated heterocycles. The van der Waals surface area contributed by atoms with Gasteiger partial charge in [0.05, 0.1) is 0 Å². The molecule has 0 saturated carbocycles. The van der Waals surface area contributed by atoms with Gasteiger partial charge in [0.15, 0.2) is 0 Å². The van der Waals surface area contributed by atoms with Crippen molar-refractivity contribution < 1.29 is 0 Å². The zero-order valence-corrected chi connectivity index (χ0v) is 16.0. The van der Waals surface area contributed by atoms with Gasteiger partial charge in [0.1, 0.15) is 0 Å². The van der Waals surface area contributed by atoms with Crippen molar-refractivity contribution >= 4 is 22.7 Å². The summed E-state index contributed by atoms with van der Waals surface area (Å²) < 4.78 is 0. The van der Waals surface area contributed by atoms with Gasteiger partial charge in [-0.15, -0.1) is 0 Å². The molecular formula is C24H26ClN. The SMILES string of the molecule is Clc1ccc(C2=CCC[C@@H](CN3CC=C(c4ccccc4)CC3)C2)cc1. The largest absolute Gasteiger partial charge is 0.299 e. The molecular weight excluding hydrogens is 338 g/mol. The van der Waals surface area contributed by atoms with E-state index in [1.54, 1.807) is 0 Å². The second-order valence-electron chi connectivity index (χ2n) is 7.49. The van der Waals surface area contributed by atoms with E-state index in [1.165, 1.54) is 54.6 Å². The topological polar surface area (TPSA) is 3.24 Å². The van der Waals surface area contributed by atoms with Crippen LogP contribution in [0.1, 0.15) is 36.8 Å². The Morgan fingerprint density at radius 2 is 1.65 bits per heavy atom. The lowest BCUT2D eigenvalue weighted by atomic mass is 9.85. The highest BCUT2D eigenvalue weighted by atomic mass is 35.5. The predicted octanol–water partition coefficient (Wildman–Crippen LogP) is 6.31. The maximum absolute atomic E-state index is 6.03. The normalized spacial score (nSPS) is 21.2. The summed E-state index contributed by atoms with van der Waals surface area (Å²) in [5, 5.41) is 0.816. The molecule has 0 radical (unpaired) electrons. The van der Waals surface area contributed by atoms with Gasteiger partial charge in [0, 0.05) is 24.7 Å². The lowest BCUT2D eigenvalue weighted by Gasteiger charge is -2.32. The molecule has 1 nitrogen and oxygen atoms in total. The van der Waals surface area contributed by atoms with Crippen molar-refractivity contribution in [1.82, 2.24) is 4.90 Å². The molecule has 4 rings (SSSR count). The second kappa shape index (κ2) is 8.24. The van der Waals surface area contributed by atoms with Crippen LogP contribution in [0.4, 0.5) is 0 Å². The van der Waals surface area contributed by atoms with E-state index in [0.717, 1.165) is 23.9 Å². The van der Waals surface area contributed by atoms with E-state index >= 15 is 0 Å². The fraction of sp³-hybridized carbons (Fsp3) is 0.333. The van der Waals surface area contributed by atoms with E-state index < -0.39 is 0 Å². The summed E-state index contributed by atoms with van der Waals surface area (Å²) in [6.45, 7) is 3.47. The van der Waals surface area contributed by atoms with E-state index in [2.05, 4.69) is 59.5 Å². The Labute approximate surface area is 162 Å². The minimum Gasteiger partial charge on any atom is -0.299 e. The Hall–Kier alpha value is -1.83. The van der Waals surface area contributed by atoms with E-state index in [0.29, 0.717) is 0 Å². The second-order valence-corrected chi connectivity index (χ2v) is 7.93. The van der Waals surface area contributed by atoms with Gasteiger partial charge in [-0.05, 0) is 66.0 Å². The Kier molecular flexibility index (Phi) is 5.57. The standard InChI is InChI=1S/C24H26ClN/c25-24-11-9-21(10-12-24)23-8-4-5-19(17-23)18-26-15-13-22(14-16-26)20-6-2-1-3-7-20/h1-3,6-13,19H,4-5,14-18H2/t19-/m1/s1. The monoisotopic (exact) mass is 363 g/mol. The molecule has 26 heavy (non-hydrogen) atoms. The van der Waals surface area contributed by atoms with Crippen LogP contribution in [-0.2, 0) is 0 Å². The molecule has 0 amide bonds. The number of benzene rings is 2. The van der Waals surface area contributed by atoms with Gasteiger partial charge in [0.2, 0.25) is 0 Å². The van der Waals surface area contributed by atoms with Gasteiger partial charge >= 0.3 is 0 Å². The number of hydrogen-bond acceptors (Lipinski definition) is 1. The van der Waals surface area contributed by atoms with Crippen molar-refractivity contribution in [3.8, 4) is 0 Å². The molecule has 0 N–H and O–H groups in total. The third-order valence-electron chi connectivity index (χ3n) is 5.64. The fourth-order valence-electron chi connectivity index (χ4n) is 4.20. The van der Waals surface area contributed by atoms with Crippen molar-refractivity contribution in [1.29, 1.82) is 0 Å². The summed E-state index contributed by atoms with van der Waals surface area (Å²) in [6.07, 6.45) is 9.70. The van der Waals surface area contributed by atoms with Gasteiger partial charge in [-0.3, -0.25) is 4.90 Å². The third-order valence-corrected chi connectivity index (χ3v) is 5.90. The minimum atomic E-state index is 0.761. The molecule has 0 spiro atoms. The molecule has 1 aliphatic carbocycles. The van der Waals surface area contributed by atoms with Gasteiger partial charge in [-0.25, -0.2) is 0 Å². The van der Waals surface area contributed by atoms with Crippen molar-refractivity contribution in [2.75, 3.05) is 19.6 Å². The summed E-state index contributed by atoms with van der Waals surface area (Å²) in [6, 6.07) is 19.1. The first-order chi connectivity index (χ1) is 12.8. The van der Waals surface area contributed by atoms with Crippen LogP contribution in [0.3, 0.4) is 0 Å². The maximum Gasteiger partial charge on any atom is 0.0406 e. The first-order valence-electron chi connectivity index (χ1n) is 9.70. The molecule has 134 valence electrons. The molecule has 0 bridgehead atoms. The Bertz CT molecular complexity index is 789. The summed E-state index contributed by atoms with van der Waals surface area (Å²) in [5.74, 6) is 0.761. The summed E-state index contributed by atoms with van der Waals surface area (Å²) >= 11 is 6.03. The van der Waals surface area contributed by atoms with Crippen LogP contribution in [0.15, 0.2) is 66.7 Å². The fourth-order valence-corrected chi connectivity index (χ4v) is 4.33. The van der Waals surface area contributed by atoms with E-state index in [9.17, 15) is 0 Å². The third kappa shape index (κ3) is 4.28. The highest BCUT2D eigenvalue weighted by molar-refractivity contribution is 6.30. The minimum absolute atomic E-state index is 0.761. The number of allylic oxidation sites excluding steroid dienone is 2. The number of rotatable bonds is 4. The Morgan fingerprint density at radius 1 is 0.885 bits per heavy atom. The average molecular weight is 364 g/mol. The lowest BCUT2D eigenvalue weighted by Crippen LogP contribution is -2.33. The predicted molar refractivity (Wildman–Crippen MR) is 112 cm³/mol. The van der Waals surface area contributed by atoms with Gasteiger partial charge in [-0.2, -0.15) is 0 Å². The van der Waals surface area contributed by atoms with Crippen LogP contribution in [-0.4, -0.2) is 24.5 Å². The lowest BCUT2D eigenvalue weighted by molar-refractivity contribution is 0.244. The van der Waals surface area contributed by atoms with E-state index in [1.807, 2.05) is 12.1 Å². The summed E-state index contributed by atoms with van der Waals surface area (Å²) in [4.78, 5) is 2.63. The first kappa shape index (κ1) is 17.6. The van der Waals surface area contributed by atoms with E-state index in [-0.39, 0.29) is 0 Å². The molecule has 2 heteroatoms. The maximum atomic E-state index is 6.03. The Morgan fingerprint density at radius 3 is 2.38 bits per heavy atom. The van der Waals surface area contributed by atoms with Gasteiger partial charge in [0.25, 0.3) is 0 Å². The van der Waals surface area contributed by atoms with Gasteiger partial charge < -0.3 is 0 Å². The zero-order chi connectivity index (χ0) is 17.8. The molecule has 0 unspecified atom stereocenters. The molecule has 0 fully saturated rings. The van der Waals surface area contributed by atoms with Crippen LogP contribution < -0.4 is 0 Å². The highest BCUT2D eigenvalue weighted by Crippen LogP contribution is 2.32. The first-order valence-corrected chi connectivity index (χ1v) is 10.1. The van der Waals surface area contributed by atoms with Crippen LogP contribution >= 0.6 is 11.6 Å². The molecule has 2 aliphatic rings. The molecule has 1 atom stereocenters. The van der Waals surface area contributed by atoms with Crippen LogP contribution in [0.5, 0.6) is 0 Å². The molecule has 2 aromatic rings. The molecule has 0 aromatic heterocycles. The number of hydrogen-bond donors (Lipinski definition) is 0. The zero-order valence-electron chi connectivity index (χ0n) is 15.2. The van der Waals surface area contributed by atoms with Gasteiger partial charge in [-0.1, -0.05) is 66.2 Å². The average Bonchev–Trinajstić information content (AvgIpc) is 2.70. The summed E-state index contributed by atoms with van der Waals surface area (Å²) in [5.41, 5.74) is 5.73. The quantitative estimate of drug-likeness (QED) is 0.615. The molecule has 2 aromatic carbocycles. The smallest absolute Gasteiger partial charge is 0.0406 e. The molecule has 1 heterocycles. The summed E-state index contributed by atoms with van der Waals surface area (Å²) in [7, 11) is 0. The van der Waals surface area contributed by atoms with Crippen LogP contribution in [0.2, 0.25) is 5.02 Å². The van der Waals surface area contributed by atoms with Crippen molar-refractivity contribution in [3.63, 3.8) is 0 Å².